The number of aliphatic hydroxyl groups is 1. The van der Waals surface area contributed by atoms with E-state index >= 15 is 0 Å². The van der Waals surface area contributed by atoms with Gasteiger partial charge < -0.3 is 43.1 Å². The van der Waals surface area contributed by atoms with Crippen LogP contribution in [0, 0.1) is 29.6 Å². The minimum atomic E-state index is -1.20. The number of aryl methyl sites for hydroxylation is 1. The summed E-state index contributed by atoms with van der Waals surface area (Å²) in [6.07, 6.45) is 6.93. The van der Waals surface area contributed by atoms with E-state index in [1.807, 2.05) is 39.0 Å². The van der Waals surface area contributed by atoms with Crippen LogP contribution in [0.1, 0.15) is 56.7 Å². The molecule has 14 nitrogen and oxygen atoms in total. The first-order valence-electron chi connectivity index (χ1n) is 16.9. The molecule has 0 aromatic carbocycles. The lowest BCUT2D eigenvalue weighted by molar-refractivity contribution is -0.183. The number of aliphatic hydroxyl groups excluding tert-OH is 1. The van der Waals surface area contributed by atoms with Crippen molar-refractivity contribution >= 4 is 23.9 Å². The fraction of sp³-hybridized carbons (Fsp3) is 0.583. The van der Waals surface area contributed by atoms with Gasteiger partial charge in [-0.05, 0) is 44.7 Å². The summed E-state index contributed by atoms with van der Waals surface area (Å²) in [6, 6.07) is 3.34. The first-order chi connectivity index (χ1) is 23.9. The van der Waals surface area contributed by atoms with Crippen molar-refractivity contribution in [2.75, 3.05) is 13.7 Å². The van der Waals surface area contributed by atoms with Crippen LogP contribution in [0.3, 0.4) is 0 Å². The van der Waals surface area contributed by atoms with Crippen LogP contribution in [0.25, 0.3) is 0 Å². The summed E-state index contributed by atoms with van der Waals surface area (Å²) in [7, 11) is 3.16. The molecular weight excluding hydrogens is 650 g/mol. The van der Waals surface area contributed by atoms with Gasteiger partial charge in [-0.15, -0.1) is 0 Å². The number of nitrogens with zero attached hydrogens (tertiary/aromatic N) is 2. The third kappa shape index (κ3) is 8.36. The second-order valence-electron chi connectivity index (χ2n) is 13.6. The topological polar surface area (TPSA) is 177 Å². The number of carbonyl (C=O) groups is 4. The molecule has 50 heavy (non-hydrogen) atoms. The average molecular weight is 698 g/mol. The van der Waals surface area contributed by atoms with E-state index in [-0.39, 0.29) is 36.2 Å². The summed E-state index contributed by atoms with van der Waals surface area (Å²) in [5.41, 5.74) is 1.93. The van der Waals surface area contributed by atoms with Crippen LogP contribution in [0.15, 0.2) is 54.7 Å². The van der Waals surface area contributed by atoms with Gasteiger partial charge in [0.2, 0.25) is 0 Å². The molecule has 4 heterocycles. The fourth-order valence-electron chi connectivity index (χ4n) is 7.23. The number of imidazole rings is 1. The van der Waals surface area contributed by atoms with Crippen LogP contribution in [0.5, 0.6) is 0 Å². The van der Waals surface area contributed by atoms with E-state index in [1.54, 1.807) is 43.2 Å². The largest absolute Gasteiger partial charge is 0.456 e. The molecular formula is C36H47N3O11. The van der Waals surface area contributed by atoms with Crippen LogP contribution in [0.2, 0.25) is 0 Å². The number of esters is 4. The maximum absolute atomic E-state index is 13.4. The Morgan fingerprint density at radius 1 is 1.22 bits per heavy atom. The molecule has 2 aliphatic heterocycles. The Kier molecular flexibility index (Phi) is 12.0. The van der Waals surface area contributed by atoms with Crippen molar-refractivity contribution in [3.05, 3.63) is 66.0 Å². The number of H-pyrrole nitrogens is 1. The number of fused-ring (bicyclic) bond motifs is 2. The first kappa shape index (κ1) is 37.0. The first-order valence-corrected chi connectivity index (χ1v) is 16.9. The lowest BCUT2D eigenvalue weighted by atomic mass is 9.71. The lowest BCUT2D eigenvalue weighted by Gasteiger charge is -2.40. The number of ether oxygens (including phenoxy) is 6. The highest BCUT2D eigenvalue weighted by molar-refractivity contribution is 6.29. The molecule has 1 aliphatic carbocycles. The highest BCUT2D eigenvalue weighted by Crippen LogP contribution is 2.44. The quantitative estimate of drug-likeness (QED) is 0.170. The van der Waals surface area contributed by atoms with Gasteiger partial charge in [-0.25, -0.2) is 24.2 Å². The minimum absolute atomic E-state index is 0.146. The van der Waals surface area contributed by atoms with E-state index in [9.17, 15) is 24.3 Å². The fourth-order valence-corrected chi connectivity index (χ4v) is 7.23. The molecule has 272 valence electrons. The normalized spacial score (nSPS) is 33.2. The molecule has 0 amide bonds. The highest BCUT2D eigenvalue weighted by Gasteiger charge is 2.54. The number of nitrogens with one attached hydrogen (secondary N) is 1. The zero-order valence-corrected chi connectivity index (χ0v) is 29.2. The SMILES string of the molecule is CO[C@H]1C[C@@H](/C=C\C2C3CO[C@H]2[C@H](OC(=O)c2ccc[nH]2)[C@H](C)[C@H]3O)C/C(C)=C/[C@@H](C)[C@@H]([C@@H](C)OC(=O)C(=O)OCc2cncn2C)OC1=O. The molecule has 0 spiro atoms. The molecule has 1 saturated carbocycles. The zero-order chi connectivity index (χ0) is 36.1. The van der Waals surface area contributed by atoms with E-state index in [0.717, 1.165) is 5.57 Å². The Balaban J connectivity index is 1.26. The van der Waals surface area contributed by atoms with Crippen molar-refractivity contribution in [2.24, 2.45) is 36.6 Å². The number of rotatable bonds is 9. The van der Waals surface area contributed by atoms with Crippen LogP contribution >= 0.6 is 0 Å². The van der Waals surface area contributed by atoms with E-state index in [4.69, 9.17) is 28.4 Å². The van der Waals surface area contributed by atoms with E-state index in [0.29, 0.717) is 30.8 Å². The number of allylic oxidation sites excluding steroid dienone is 2. The van der Waals surface area contributed by atoms with Crippen molar-refractivity contribution in [1.82, 2.24) is 14.5 Å². The Labute approximate surface area is 291 Å². The maximum Gasteiger partial charge on any atom is 0.417 e. The van der Waals surface area contributed by atoms with Gasteiger partial charge >= 0.3 is 23.9 Å². The second kappa shape index (κ2) is 16.2. The standard InChI is InChI=1S/C36H47N3O11/c1-19-12-20(2)30(22(4)48-36(44)35(43)47-16-24-15-37-18-39(24)5)49-34(42)28(45-6)14-23(13-19)9-10-25-26-17-46-32(25)31(21(3)29(26)40)50-33(41)27-8-7-11-38-27/h7-12,15,18,20-23,25-26,28-32,38,40H,13-14,16-17H2,1-6H3/b10-9-,19-12+/t20-,21-,22-,23+,25?,26?,28+,29-,30+,31-,32-/m1/s1. The molecule has 11 atom stereocenters. The number of hydrogen-bond donors (Lipinski definition) is 2. The summed E-state index contributed by atoms with van der Waals surface area (Å²) in [4.78, 5) is 58.0. The maximum atomic E-state index is 13.4. The van der Waals surface area contributed by atoms with Gasteiger partial charge in [0.15, 0.2) is 6.10 Å². The summed E-state index contributed by atoms with van der Waals surface area (Å²) in [5.74, 6) is -4.76. The molecule has 2 bridgehead atoms. The van der Waals surface area contributed by atoms with Crippen molar-refractivity contribution in [3.63, 3.8) is 0 Å². The summed E-state index contributed by atoms with van der Waals surface area (Å²) >= 11 is 0. The third-order valence-electron chi connectivity index (χ3n) is 10.00. The Hall–Kier alpha value is -4.27. The van der Waals surface area contributed by atoms with Gasteiger partial charge in [0.25, 0.3) is 0 Å². The molecule has 2 N–H and O–H groups in total. The lowest BCUT2D eigenvalue weighted by Crippen LogP contribution is -2.51. The highest BCUT2D eigenvalue weighted by atomic mass is 16.6. The van der Waals surface area contributed by atoms with Gasteiger partial charge in [0.1, 0.15) is 36.7 Å². The van der Waals surface area contributed by atoms with Crippen molar-refractivity contribution in [3.8, 4) is 0 Å². The summed E-state index contributed by atoms with van der Waals surface area (Å²) < 4.78 is 35.6. The molecule has 0 radical (unpaired) electrons. The molecule has 14 heteroatoms. The van der Waals surface area contributed by atoms with Crippen LogP contribution in [-0.4, -0.2) is 93.9 Å². The molecule has 2 unspecified atom stereocenters. The molecule has 3 aliphatic rings. The van der Waals surface area contributed by atoms with E-state index in [1.165, 1.54) is 13.3 Å². The third-order valence-corrected chi connectivity index (χ3v) is 10.00. The smallest absolute Gasteiger partial charge is 0.417 e. The van der Waals surface area contributed by atoms with Crippen molar-refractivity contribution in [1.29, 1.82) is 0 Å². The van der Waals surface area contributed by atoms with Crippen LogP contribution < -0.4 is 0 Å². The summed E-state index contributed by atoms with van der Waals surface area (Å²) in [6.45, 7) is 7.42. The number of aromatic nitrogens is 3. The van der Waals surface area contributed by atoms with Crippen molar-refractivity contribution < 1.29 is 52.7 Å². The number of methoxy groups -OCH3 is 1. The van der Waals surface area contributed by atoms with Gasteiger partial charge in [0, 0.05) is 44.0 Å². The molecule has 2 fully saturated rings. The summed E-state index contributed by atoms with van der Waals surface area (Å²) in [5, 5.41) is 11.2. The number of aromatic amines is 1. The van der Waals surface area contributed by atoms with Crippen LogP contribution in [0.4, 0.5) is 0 Å². The molecule has 1 saturated heterocycles. The monoisotopic (exact) mass is 697 g/mol. The predicted octanol–water partition coefficient (Wildman–Crippen LogP) is 3.07. The Morgan fingerprint density at radius 3 is 2.68 bits per heavy atom. The Bertz CT molecular complexity index is 1570. The van der Waals surface area contributed by atoms with E-state index < -0.39 is 60.5 Å². The number of carbonyl (C=O) groups excluding carboxylic acids is 4. The van der Waals surface area contributed by atoms with Gasteiger partial charge in [-0.2, -0.15) is 0 Å². The van der Waals surface area contributed by atoms with Gasteiger partial charge in [-0.1, -0.05) is 37.6 Å². The molecule has 5 rings (SSSR count). The minimum Gasteiger partial charge on any atom is -0.456 e. The zero-order valence-electron chi connectivity index (χ0n) is 29.2. The van der Waals surface area contributed by atoms with Gasteiger partial charge in [-0.3, -0.25) is 0 Å². The predicted molar refractivity (Wildman–Crippen MR) is 176 cm³/mol. The second-order valence-corrected chi connectivity index (χ2v) is 13.6. The van der Waals surface area contributed by atoms with E-state index in [2.05, 4.69) is 9.97 Å². The number of cyclic esters (lactones) is 1. The van der Waals surface area contributed by atoms with Crippen molar-refractivity contribution in [2.45, 2.75) is 83.8 Å². The Morgan fingerprint density at radius 2 is 2.00 bits per heavy atom. The molecule has 2 aromatic rings. The number of hydrogen-bond acceptors (Lipinski definition) is 12. The van der Waals surface area contributed by atoms with Gasteiger partial charge in [0.05, 0.1) is 30.9 Å². The molecule has 2 aromatic heterocycles. The van der Waals surface area contributed by atoms with Crippen LogP contribution in [-0.2, 0) is 56.5 Å². The average Bonchev–Trinajstić information content (AvgIpc) is 3.85.